The van der Waals surface area contributed by atoms with Gasteiger partial charge in [0, 0.05) is 17.9 Å². The first-order valence-electron chi connectivity index (χ1n) is 8.60. The van der Waals surface area contributed by atoms with Crippen molar-refractivity contribution in [2.75, 3.05) is 5.32 Å². The van der Waals surface area contributed by atoms with E-state index in [4.69, 9.17) is 0 Å². The molecular weight excluding hydrogens is 326 g/mol. The van der Waals surface area contributed by atoms with E-state index in [1.165, 1.54) is 0 Å². The van der Waals surface area contributed by atoms with Gasteiger partial charge in [0.25, 0.3) is 0 Å². The number of nitrogens with zero attached hydrogens (tertiary/aromatic N) is 3. The van der Waals surface area contributed by atoms with E-state index >= 15 is 0 Å². The molecule has 0 radical (unpaired) electrons. The Bertz CT molecular complexity index is 1090. The third-order valence-corrected chi connectivity index (χ3v) is 4.88. The zero-order chi connectivity index (χ0) is 17.7. The van der Waals surface area contributed by atoms with Gasteiger partial charge in [0.15, 0.2) is 0 Å². The SMILES string of the molecule is Cc1nn(-c2nc3ccccc3[nH]2)c2c1C(c1ccccc1)CC(=O)N2. The highest BCUT2D eigenvalue weighted by Crippen LogP contribution is 2.39. The molecule has 128 valence electrons. The van der Waals surface area contributed by atoms with Crippen LogP contribution in [-0.2, 0) is 4.79 Å². The number of para-hydroxylation sites is 2. The molecule has 1 amide bonds. The Morgan fingerprint density at radius 2 is 1.85 bits per heavy atom. The Labute approximate surface area is 149 Å². The summed E-state index contributed by atoms with van der Waals surface area (Å²) in [4.78, 5) is 20.3. The molecule has 4 aromatic rings. The fourth-order valence-electron chi connectivity index (χ4n) is 3.71. The lowest BCUT2D eigenvalue weighted by Gasteiger charge is -2.24. The number of H-pyrrole nitrogens is 1. The van der Waals surface area contributed by atoms with Gasteiger partial charge in [-0.1, -0.05) is 42.5 Å². The molecule has 2 aromatic heterocycles. The van der Waals surface area contributed by atoms with Crippen molar-refractivity contribution in [3.8, 4) is 5.95 Å². The van der Waals surface area contributed by atoms with Crippen molar-refractivity contribution in [1.82, 2.24) is 19.7 Å². The summed E-state index contributed by atoms with van der Waals surface area (Å²) in [5.74, 6) is 1.29. The predicted octanol–water partition coefficient (Wildman–Crippen LogP) is 3.53. The third kappa shape index (κ3) is 2.23. The minimum absolute atomic E-state index is 0.00178. The van der Waals surface area contributed by atoms with E-state index in [1.807, 2.05) is 49.4 Å². The highest BCUT2D eigenvalue weighted by molar-refractivity contribution is 5.95. The van der Waals surface area contributed by atoms with Crippen LogP contribution in [0.15, 0.2) is 54.6 Å². The topological polar surface area (TPSA) is 75.6 Å². The van der Waals surface area contributed by atoms with Crippen molar-refractivity contribution in [2.24, 2.45) is 0 Å². The van der Waals surface area contributed by atoms with Gasteiger partial charge in [0.05, 0.1) is 16.7 Å². The van der Waals surface area contributed by atoms with E-state index in [2.05, 4.69) is 32.5 Å². The summed E-state index contributed by atoms with van der Waals surface area (Å²) in [5.41, 5.74) is 4.87. The Morgan fingerprint density at radius 1 is 1.08 bits per heavy atom. The Morgan fingerprint density at radius 3 is 2.65 bits per heavy atom. The lowest BCUT2D eigenvalue weighted by atomic mass is 9.86. The molecule has 0 saturated heterocycles. The number of benzene rings is 2. The van der Waals surface area contributed by atoms with Crippen molar-refractivity contribution in [2.45, 2.75) is 19.3 Å². The number of hydrogen-bond acceptors (Lipinski definition) is 3. The van der Waals surface area contributed by atoms with E-state index in [1.54, 1.807) is 4.68 Å². The number of imidazole rings is 1. The van der Waals surface area contributed by atoms with Crippen LogP contribution in [0.25, 0.3) is 17.0 Å². The minimum Gasteiger partial charge on any atom is -0.322 e. The number of fused-ring (bicyclic) bond motifs is 2. The van der Waals surface area contributed by atoms with E-state index in [-0.39, 0.29) is 11.8 Å². The minimum atomic E-state index is -0.0105. The van der Waals surface area contributed by atoms with Crippen molar-refractivity contribution >= 4 is 22.8 Å². The first kappa shape index (κ1) is 14.9. The Balaban J connectivity index is 1.69. The largest absolute Gasteiger partial charge is 0.322 e. The molecule has 5 rings (SSSR count). The number of anilines is 1. The van der Waals surface area contributed by atoms with Crippen LogP contribution in [0, 0.1) is 6.92 Å². The summed E-state index contributed by atoms with van der Waals surface area (Å²) in [6.45, 7) is 1.98. The monoisotopic (exact) mass is 343 g/mol. The van der Waals surface area contributed by atoms with Crippen LogP contribution in [0.4, 0.5) is 5.82 Å². The van der Waals surface area contributed by atoms with Crippen LogP contribution >= 0.6 is 0 Å². The van der Waals surface area contributed by atoms with Gasteiger partial charge in [0.2, 0.25) is 11.9 Å². The average Bonchev–Trinajstić information content (AvgIpc) is 3.23. The maximum absolute atomic E-state index is 12.4. The molecule has 0 bridgehead atoms. The van der Waals surface area contributed by atoms with Crippen molar-refractivity contribution in [3.05, 3.63) is 71.4 Å². The number of hydrogen-bond donors (Lipinski definition) is 2. The van der Waals surface area contributed by atoms with E-state index < -0.39 is 0 Å². The standard InChI is InChI=1S/C20H17N5O/c1-12-18-14(13-7-3-2-4-8-13)11-17(26)23-19(18)25(24-12)20-21-15-9-5-6-10-16(15)22-20/h2-10,14H,11H2,1H3,(H,21,22)(H,23,26). The molecule has 26 heavy (non-hydrogen) atoms. The number of rotatable bonds is 2. The van der Waals surface area contributed by atoms with Crippen molar-refractivity contribution < 1.29 is 4.79 Å². The number of aromatic amines is 1. The summed E-state index contributed by atoms with van der Waals surface area (Å²) >= 11 is 0. The number of amides is 1. The molecule has 2 aromatic carbocycles. The van der Waals surface area contributed by atoms with E-state index in [9.17, 15) is 4.79 Å². The summed E-state index contributed by atoms with van der Waals surface area (Å²) < 4.78 is 1.71. The van der Waals surface area contributed by atoms with Gasteiger partial charge in [-0.25, -0.2) is 4.98 Å². The second-order valence-electron chi connectivity index (χ2n) is 6.55. The molecule has 1 aliphatic rings. The van der Waals surface area contributed by atoms with Crippen LogP contribution < -0.4 is 5.32 Å². The van der Waals surface area contributed by atoms with Crippen molar-refractivity contribution in [1.29, 1.82) is 0 Å². The second kappa shape index (κ2) is 5.56. The lowest BCUT2D eigenvalue weighted by Crippen LogP contribution is -2.25. The number of aryl methyl sites for hydroxylation is 1. The highest BCUT2D eigenvalue weighted by Gasteiger charge is 2.33. The maximum atomic E-state index is 12.4. The van der Waals surface area contributed by atoms with Crippen LogP contribution in [0.5, 0.6) is 0 Å². The number of aromatic nitrogens is 4. The predicted molar refractivity (Wildman–Crippen MR) is 99.5 cm³/mol. The molecule has 0 fully saturated rings. The molecule has 2 N–H and O–H groups in total. The first-order valence-corrected chi connectivity index (χ1v) is 8.60. The normalized spacial score (nSPS) is 16.5. The fourth-order valence-corrected chi connectivity index (χ4v) is 3.71. The highest BCUT2D eigenvalue weighted by atomic mass is 16.1. The summed E-state index contributed by atoms with van der Waals surface area (Å²) in [6.07, 6.45) is 0.420. The van der Waals surface area contributed by atoms with Gasteiger partial charge >= 0.3 is 0 Å². The Kier molecular flexibility index (Phi) is 3.18. The van der Waals surface area contributed by atoms with Crippen LogP contribution in [0.2, 0.25) is 0 Å². The zero-order valence-corrected chi connectivity index (χ0v) is 14.2. The van der Waals surface area contributed by atoms with Gasteiger partial charge in [-0.05, 0) is 24.6 Å². The summed E-state index contributed by atoms with van der Waals surface area (Å²) in [5, 5.41) is 7.67. The van der Waals surface area contributed by atoms with Crippen LogP contribution in [-0.4, -0.2) is 25.7 Å². The molecule has 6 nitrogen and oxygen atoms in total. The molecule has 0 aliphatic carbocycles. The third-order valence-electron chi connectivity index (χ3n) is 4.88. The van der Waals surface area contributed by atoms with Gasteiger partial charge in [-0.2, -0.15) is 9.78 Å². The van der Waals surface area contributed by atoms with E-state index in [0.29, 0.717) is 18.2 Å². The Hall–Kier alpha value is -3.41. The van der Waals surface area contributed by atoms with Gasteiger partial charge in [-0.3, -0.25) is 4.79 Å². The quantitative estimate of drug-likeness (QED) is 0.584. The summed E-state index contributed by atoms with van der Waals surface area (Å²) in [7, 11) is 0. The van der Waals surface area contributed by atoms with Crippen molar-refractivity contribution in [3.63, 3.8) is 0 Å². The molecule has 3 heterocycles. The van der Waals surface area contributed by atoms with Crippen LogP contribution in [0.1, 0.15) is 29.2 Å². The molecular formula is C20H17N5O. The second-order valence-corrected chi connectivity index (χ2v) is 6.55. The van der Waals surface area contributed by atoms with Gasteiger partial charge in [0.1, 0.15) is 5.82 Å². The zero-order valence-electron chi connectivity index (χ0n) is 14.2. The molecule has 1 unspecified atom stereocenters. The smallest absolute Gasteiger partial charge is 0.231 e. The average molecular weight is 343 g/mol. The summed E-state index contributed by atoms with van der Waals surface area (Å²) in [6, 6.07) is 17.9. The number of nitrogens with one attached hydrogen (secondary N) is 2. The number of carbonyl (C=O) groups is 1. The molecule has 0 spiro atoms. The van der Waals surface area contributed by atoms with Crippen LogP contribution in [0.3, 0.4) is 0 Å². The van der Waals surface area contributed by atoms with E-state index in [0.717, 1.165) is 27.9 Å². The fraction of sp³-hybridized carbons (Fsp3) is 0.150. The first-order chi connectivity index (χ1) is 12.7. The molecule has 6 heteroatoms. The molecule has 0 saturated carbocycles. The van der Waals surface area contributed by atoms with Gasteiger partial charge < -0.3 is 10.3 Å². The molecule has 1 aliphatic heterocycles. The lowest BCUT2D eigenvalue weighted by molar-refractivity contribution is -0.116. The van der Waals surface area contributed by atoms with Gasteiger partial charge in [-0.15, -0.1) is 0 Å². The maximum Gasteiger partial charge on any atom is 0.231 e. The number of carbonyl (C=O) groups excluding carboxylic acids is 1. The molecule has 1 atom stereocenters.